The Bertz CT molecular complexity index is 1190. The molecule has 0 radical (unpaired) electrons. The lowest BCUT2D eigenvalue weighted by molar-refractivity contribution is -0.116. The number of rotatable bonds is 4. The number of carbonyl (C=O) groups excluding carboxylic acids is 2. The van der Waals surface area contributed by atoms with Crippen LogP contribution in [0.4, 0.5) is 20.9 Å². The molecule has 2 aromatic carbocycles. The van der Waals surface area contributed by atoms with Crippen molar-refractivity contribution in [1.82, 2.24) is 4.98 Å². The summed E-state index contributed by atoms with van der Waals surface area (Å²) < 4.78 is 19.3. The predicted molar refractivity (Wildman–Crippen MR) is 122 cm³/mol. The summed E-state index contributed by atoms with van der Waals surface area (Å²) in [6.45, 7) is 2.57. The van der Waals surface area contributed by atoms with Crippen molar-refractivity contribution in [2.45, 2.75) is 12.8 Å². The monoisotopic (exact) mass is 452 g/mol. The normalized spacial score (nSPS) is 15.8. The number of morpholine rings is 1. The summed E-state index contributed by atoms with van der Waals surface area (Å²) in [7, 11) is 0. The molecule has 3 aromatic rings. The van der Waals surface area contributed by atoms with E-state index < -0.39 is 0 Å². The minimum atomic E-state index is -0.383. The van der Waals surface area contributed by atoms with Crippen LogP contribution in [0.3, 0.4) is 0 Å². The number of nitrogens with one attached hydrogen (secondary N) is 2. The molecule has 3 heterocycles. The molecule has 7 nitrogen and oxygen atoms in total. The highest BCUT2D eigenvalue weighted by atomic mass is 32.1. The van der Waals surface area contributed by atoms with Crippen LogP contribution in [0.1, 0.15) is 21.7 Å². The maximum atomic E-state index is 13.9. The van der Waals surface area contributed by atoms with Crippen LogP contribution < -0.4 is 15.5 Å². The van der Waals surface area contributed by atoms with E-state index in [4.69, 9.17) is 9.72 Å². The molecule has 0 atom stereocenters. The van der Waals surface area contributed by atoms with Gasteiger partial charge in [0.15, 0.2) is 5.13 Å². The van der Waals surface area contributed by atoms with Crippen LogP contribution >= 0.6 is 11.3 Å². The highest BCUT2D eigenvalue weighted by Crippen LogP contribution is 2.35. The fraction of sp³-hybridized carbons (Fsp3) is 0.261. The van der Waals surface area contributed by atoms with Gasteiger partial charge in [-0.25, -0.2) is 9.37 Å². The molecule has 0 aliphatic carbocycles. The largest absolute Gasteiger partial charge is 0.378 e. The number of nitrogens with zero attached hydrogens (tertiary/aromatic N) is 2. The van der Waals surface area contributed by atoms with Crippen LogP contribution in [0.2, 0.25) is 0 Å². The zero-order chi connectivity index (χ0) is 22.1. The first-order valence-corrected chi connectivity index (χ1v) is 11.2. The van der Waals surface area contributed by atoms with E-state index in [9.17, 15) is 14.0 Å². The number of benzene rings is 2. The van der Waals surface area contributed by atoms with Crippen molar-refractivity contribution in [3.8, 4) is 11.3 Å². The second-order valence-corrected chi connectivity index (χ2v) is 8.64. The number of ether oxygens (including phenoxy) is 1. The highest BCUT2D eigenvalue weighted by Gasteiger charge is 2.24. The lowest BCUT2D eigenvalue weighted by Crippen LogP contribution is -2.36. The van der Waals surface area contributed by atoms with Gasteiger partial charge in [-0.1, -0.05) is 23.5 Å². The molecule has 0 saturated carbocycles. The van der Waals surface area contributed by atoms with Gasteiger partial charge in [0.05, 0.1) is 18.9 Å². The average Bonchev–Trinajstić information content (AvgIpc) is 3.26. The first-order valence-electron chi connectivity index (χ1n) is 10.4. The lowest BCUT2D eigenvalue weighted by atomic mass is 10.0. The molecule has 32 heavy (non-hydrogen) atoms. The number of aryl methyl sites for hydroxylation is 1. The number of aromatic nitrogens is 1. The fourth-order valence-corrected chi connectivity index (χ4v) is 4.87. The quantitative estimate of drug-likeness (QED) is 0.627. The Morgan fingerprint density at radius 2 is 2.00 bits per heavy atom. The second kappa shape index (κ2) is 8.68. The van der Waals surface area contributed by atoms with Crippen LogP contribution in [0.5, 0.6) is 0 Å². The van der Waals surface area contributed by atoms with Gasteiger partial charge < -0.3 is 20.3 Å². The number of thiazole rings is 1. The van der Waals surface area contributed by atoms with Crippen LogP contribution in [-0.4, -0.2) is 43.1 Å². The number of halogens is 1. The Morgan fingerprint density at radius 3 is 2.81 bits per heavy atom. The molecule has 164 valence electrons. The smallest absolute Gasteiger partial charge is 0.268 e. The minimum Gasteiger partial charge on any atom is -0.378 e. The lowest BCUT2D eigenvalue weighted by Gasteiger charge is -2.26. The number of hydrogen-bond acceptors (Lipinski definition) is 6. The first kappa shape index (κ1) is 20.6. The van der Waals surface area contributed by atoms with Crippen molar-refractivity contribution in [2.24, 2.45) is 0 Å². The van der Waals surface area contributed by atoms with Gasteiger partial charge in [0.2, 0.25) is 5.91 Å². The van der Waals surface area contributed by atoms with Gasteiger partial charge in [-0.3, -0.25) is 9.59 Å². The molecule has 2 aliphatic heterocycles. The summed E-state index contributed by atoms with van der Waals surface area (Å²) in [5.41, 5.74) is 3.40. The van der Waals surface area contributed by atoms with E-state index >= 15 is 0 Å². The molecule has 1 aromatic heterocycles. The third kappa shape index (κ3) is 4.21. The fourth-order valence-electron chi connectivity index (χ4n) is 3.83. The van der Waals surface area contributed by atoms with E-state index in [1.165, 1.54) is 23.5 Å². The van der Waals surface area contributed by atoms with E-state index in [0.29, 0.717) is 66.1 Å². The number of fused-ring (bicyclic) bond motifs is 1. The van der Waals surface area contributed by atoms with Crippen molar-refractivity contribution in [2.75, 3.05) is 41.8 Å². The minimum absolute atomic E-state index is 0.00526. The summed E-state index contributed by atoms with van der Waals surface area (Å²) in [5.74, 6) is -0.693. The van der Waals surface area contributed by atoms with Gasteiger partial charge in [-0.2, -0.15) is 0 Å². The Labute approximate surface area is 188 Å². The van der Waals surface area contributed by atoms with Crippen molar-refractivity contribution >= 4 is 39.7 Å². The molecule has 0 spiro atoms. The summed E-state index contributed by atoms with van der Waals surface area (Å²) >= 11 is 1.29. The Kier molecular flexibility index (Phi) is 5.59. The molecular formula is C23H21FN4O3S. The number of carbonyl (C=O) groups is 2. The summed E-state index contributed by atoms with van der Waals surface area (Å²) in [4.78, 5) is 32.0. The molecule has 1 fully saturated rings. The molecular weight excluding hydrogens is 431 g/mol. The standard InChI is InChI=1S/C23H21FN4O3S/c24-16-3-1-2-15(12-16)20-21(32-23(27-20)28-8-10-31-11-9-28)22(30)25-17-5-6-18-14(13-17)4-7-19(29)26-18/h1-3,5-6,12-13H,4,7-11H2,(H,25,30)(H,26,29). The van der Waals surface area contributed by atoms with Gasteiger partial charge in [-0.05, 0) is 42.3 Å². The summed E-state index contributed by atoms with van der Waals surface area (Å²) in [6.07, 6.45) is 1.05. The Balaban J connectivity index is 1.46. The zero-order valence-electron chi connectivity index (χ0n) is 17.2. The summed E-state index contributed by atoms with van der Waals surface area (Å²) in [6, 6.07) is 11.5. The van der Waals surface area contributed by atoms with Gasteiger partial charge >= 0.3 is 0 Å². The average molecular weight is 453 g/mol. The van der Waals surface area contributed by atoms with Crippen molar-refractivity contribution in [3.63, 3.8) is 0 Å². The topological polar surface area (TPSA) is 83.6 Å². The number of amides is 2. The molecule has 0 bridgehead atoms. The van der Waals surface area contributed by atoms with Gasteiger partial charge in [-0.15, -0.1) is 0 Å². The van der Waals surface area contributed by atoms with Crippen molar-refractivity contribution < 1.29 is 18.7 Å². The van der Waals surface area contributed by atoms with Crippen molar-refractivity contribution in [3.05, 3.63) is 58.7 Å². The van der Waals surface area contributed by atoms with Crippen LogP contribution in [-0.2, 0) is 16.0 Å². The first-order chi connectivity index (χ1) is 15.6. The number of anilines is 3. The van der Waals surface area contributed by atoms with Crippen molar-refractivity contribution in [1.29, 1.82) is 0 Å². The maximum Gasteiger partial charge on any atom is 0.268 e. The molecule has 2 N–H and O–H groups in total. The number of hydrogen-bond donors (Lipinski definition) is 2. The van der Waals surface area contributed by atoms with Gasteiger partial charge in [0.1, 0.15) is 10.7 Å². The van der Waals surface area contributed by atoms with E-state index in [1.807, 2.05) is 6.07 Å². The van der Waals surface area contributed by atoms with E-state index in [2.05, 4.69) is 15.5 Å². The Morgan fingerprint density at radius 1 is 1.16 bits per heavy atom. The molecule has 2 aliphatic rings. The predicted octanol–water partition coefficient (Wildman–Crippen LogP) is 3.92. The van der Waals surface area contributed by atoms with Crippen LogP contribution in [0.15, 0.2) is 42.5 Å². The summed E-state index contributed by atoms with van der Waals surface area (Å²) in [5, 5.41) is 6.49. The third-order valence-electron chi connectivity index (χ3n) is 5.46. The van der Waals surface area contributed by atoms with E-state index in [-0.39, 0.29) is 17.6 Å². The third-order valence-corrected chi connectivity index (χ3v) is 6.58. The Hall–Kier alpha value is -3.30. The molecule has 1 saturated heterocycles. The molecule has 5 rings (SSSR count). The maximum absolute atomic E-state index is 13.9. The van der Waals surface area contributed by atoms with E-state index in [1.54, 1.807) is 24.3 Å². The highest BCUT2D eigenvalue weighted by molar-refractivity contribution is 7.18. The van der Waals surface area contributed by atoms with E-state index in [0.717, 1.165) is 11.3 Å². The zero-order valence-corrected chi connectivity index (χ0v) is 18.0. The second-order valence-electron chi connectivity index (χ2n) is 7.66. The van der Waals surface area contributed by atoms with Gasteiger partial charge in [0, 0.05) is 36.4 Å². The van der Waals surface area contributed by atoms with Crippen LogP contribution in [0, 0.1) is 5.82 Å². The molecule has 2 amide bonds. The SMILES string of the molecule is O=C1CCc2cc(NC(=O)c3sc(N4CCOCC4)nc3-c3cccc(F)c3)ccc2N1. The van der Waals surface area contributed by atoms with Crippen LogP contribution in [0.25, 0.3) is 11.3 Å². The molecule has 0 unspecified atom stereocenters. The molecule has 9 heteroatoms. The van der Waals surface area contributed by atoms with Gasteiger partial charge in [0.25, 0.3) is 5.91 Å².